The number of aromatic nitrogens is 5. The molecule has 0 atom stereocenters. The number of carbonyl (C=O) groups excluding carboxylic acids is 1. The van der Waals surface area contributed by atoms with E-state index in [4.69, 9.17) is 11.6 Å². The maximum Gasteiger partial charge on any atom is 0.433 e. The lowest BCUT2D eigenvalue weighted by molar-refractivity contribution is -0.142. The van der Waals surface area contributed by atoms with Crippen LogP contribution in [0.1, 0.15) is 46.9 Å². The third kappa shape index (κ3) is 5.55. The van der Waals surface area contributed by atoms with Crippen LogP contribution in [0.5, 0.6) is 0 Å². The molecular formula is C27H21BrClF3N6O. The molecule has 3 aromatic heterocycles. The van der Waals surface area contributed by atoms with Crippen molar-refractivity contribution in [2.45, 2.75) is 32.5 Å². The van der Waals surface area contributed by atoms with E-state index in [1.54, 1.807) is 29.1 Å². The van der Waals surface area contributed by atoms with Gasteiger partial charge in [0.2, 0.25) is 0 Å². The van der Waals surface area contributed by atoms with Crippen LogP contribution in [0, 0.1) is 0 Å². The predicted molar refractivity (Wildman–Crippen MR) is 146 cm³/mol. The first-order valence-corrected chi connectivity index (χ1v) is 13.0. The summed E-state index contributed by atoms with van der Waals surface area (Å²) in [6.07, 6.45) is -2.00. The van der Waals surface area contributed by atoms with Crippen molar-refractivity contribution in [2.24, 2.45) is 0 Å². The fourth-order valence-electron chi connectivity index (χ4n) is 4.05. The number of fused-ring (bicyclic) bond motifs is 1. The van der Waals surface area contributed by atoms with E-state index in [-0.39, 0.29) is 28.6 Å². The summed E-state index contributed by atoms with van der Waals surface area (Å²) >= 11 is 9.60. The molecule has 0 unspecified atom stereocenters. The SMILES string of the molecule is CC(C)c1ccc(-c2cc(C(F)(F)F)n3ncc(C(=O)Nc4nn(Cc5ccccc5Cl)cc4Br)c3n2)cc1. The molecule has 3 heterocycles. The summed E-state index contributed by atoms with van der Waals surface area (Å²) in [4.78, 5) is 17.6. The number of hydrogen-bond donors (Lipinski definition) is 1. The minimum atomic E-state index is -4.73. The maximum absolute atomic E-state index is 14.0. The molecule has 1 N–H and O–H groups in total. The lowest BCUT2D eigenvalue weighted by atomic mass is 10.0. The van der Waals surface area contributed by atoms with E-state index in [1.165, 1.54) is 0 Å². The average molecular weight is 618 g/mol. The molecule has 0 aliphatic carbocycles. The van der Waals surface area contributed by atoms with E-state index < -0.39 is 17.8 Å². The van der Waals surface area contributed by atoms with Crippen molar-refractivity contribution in [3.63, 3.8) is 0 Å². The van der Waals surface area contributed by atoms with E-state index in [0.29, 0.717) is 26.1 Å². The highest BCUT2D eigenvalue weighted by Gasteiger charge is 2.36. The summed E-state index contributed by atoms with van der Waals surface area (Å²) in [6.45, 7) is 4.40. The second-order valence-electron chi connectivity index (χ2n) is 9.16. The Morgan fingerprint density at radius 2 is 1.85 bits per heavy atom. The second-order valence-corrected chi connectivity index (χ2v) is 10.4. The first-order valence-electron chi connectivity index (χ1n) is 11.9. The fraction of sp³-hybridized carbons (Fsp3) is 0.185. The van der Waals surface area contributed by atoms with Crippen LogP contribution in [-0.2, 0) is 12.7 Å². The van der Waals surface area contributed by atoms with E-state index in [1.807, 2.05) is 44.2 Å². The Bertz CT molecular complexity index is 1680. The number of halogens is 5. The molecule has 2 aromatic carbocycles. The van der Waals surface area contributed by atoms with Crippen molar-refractivity contribution in [1.29, 1.82) is 0 Å². The third-order valence-corrected chi connectivity index (χ3v) is 7.07. The monoisotopic (exact) mass is 616 g/mol. The van der Waals surface area contributed by atoms with E-state index in [9.17, 15) is 18.0 Å². The Morgan fingerprint density at radius 3 is 2.51 bits per heavy atom. The molecule has 0 saturated carbocycles. The van der Waals surface area contributed by atoms with Crippen LogP contribution in [0.2, 0.25) is 5.02 Å². The molecule has 0 aliphatic heterocycles. The molecule has 0 bridgehead atoms. The Balaban J connectivity index is 1.49. The molecule has 39 heavy (non-hydrogen) atoms. The molecule has 0 spiro atoms. The van der Waals surface area contributed by atoms with Gasteiger partial charge in [0, 0.05) is 16.8 Å². The number of anilines is 1. The summed E-state index contributed by atoms with van der Waals surface area (Å²) in [5.74, 6) is -0.262. The van der Waals surface area contributed by atoms with Gasteiger partial charge >= 0.3 is 6.18 Å². The van der Waals surface area contributed by atoms with Gasteiger partial charge in [0.15, 0.2) is 17.2 Å². The highest BCUT2D eigenvalue weighted by Crippen LogP contribution is 2.33. The number of nitrogens with one attached hydrogen (secondary N) is 1. The number of rotatable bonds is 6. The van der Waals surface area contributed by atoms with E-state index >= 15 is 0 Å². The van der Waals surface area contributed by atoms with Gasteiger partial charge in [-0.2, -0.15) is 23.4 Å². The maximum atomic E-state index is 14.0. The molecule has 0 aliphatic rings. The van der Waals surface area contributed by atoms with Gasteiger partial charge in [-0.25, -0.2) is 9.50 Å². The molecule has 12 heteroatoms. The van der Waals surface area contributed by atoms with Crippen molar-refractivity contribution in [1.82, 2.24) is 24.4 Å². The summed E-state index contributed by atoms with van der Waals surface area (Å²) in [7, 11) is 0. The van der Waals surface area contributed by atoms with Crippen LogP contribution in [0.3, 0.4) is 0 Å². The lowest BCUT2D eigenvalue weighted by Gasteiger charge is -2.12. The minimum Gasteiger partial charge on any atom is -0.304 e. The molecule has 7 nitrogen and oxygen atoms in total. The van der Waals surface area contributed by atoms with Crippen molar-refractivity contribution in [3.8, 4) is 11.3 Å². The topological polar surface area (TPSA) is 77.1 Å². The fourth-order valence-corrected chi connectivity index (χ4v) is 4.66. The number of nitrogens with zero attached hydrogens (tertiary/aromatic N) is 5. The number of amides is 1. The first-order chi connectivity index (χ1) is 18.5. The molecule has 1 amide bonds. The van der Waals surface area contributed by atoms with Crippen LogP contribution in [0.15, 0.2) is 71.5 Å². The summed E-state index contributed by atoms with van der Waals surface area (Å²) < 4.78 is 44.6. The number of alkyl halides is 3. The Kier molecular flexibility index (Phi) is 7.21. The smallest absolute Gasteiger partial charge is 0.304 e. The van der Waals surface area contributed by atoms with Crippen LogP contribution >= 0.6 is 27.5 Å². The molecule has 0 fully saturated rings. The molecule has 0 radical (unpaired) electrons. The molecule has 0 saturated heterocycles. The minimum absolute atomic E-state index is 0.0740. The summed E-state index contributed by atoms with van der Waals surface area (Å²) in [5, 5.41) is 11.4. The molecular weight excluding hydrogens is 597 g/mol. The zero-order valence-electron chi connectivity index (χ0n) is 20.7. The van der Waals surface area contributed by atoms with Crippen molar-refractivity contribution < 1.29 is 18.0 Å². The van der Waals surface area contributed by atoms with Gasteiger partial charge in [0.25, 0.3) is 5.91 Å². The summed E-state index contributed by atoms with van der Waals surface area (Å²) in [5.41, 5.74) is 1.03. The van der Waals surface area contributed by atoms with Crippen LogP contribution in [0.4, 0.5) is 19.0 Å². The number of carbonyl (C=O) groups is 1. The lowest BCUT2D eigenvalue weighted by Crippen LogP contribution is -2.16. The van der Waals surface area contributed by atoms with Gasteiger partial charge in [-0.15, -0.1) is 0 Å². The Labute approximate surface area is 234 Å². The quantitative estimate of drug-likeness (QED) is 0.215. The standard InChI is InChI=1S/C27H21BrClF3N6O/c1-15(2)16-7-9-17(10-8-16)22-11-23(27(30,31)32)38-25(34-22)19(12-33-38)26(39)35-24-20(28)14-37(36-24)13-18-5-3-4-6-21(18)29/h3-12,14-15H,13H2,1-2H3,(H,35,36,39). The Morgan fingerprint density at radius 1 is 1.13 bits per heavy atom. The molecule has 200 valence electrons. The van der Waals surface area contributed by atoms with Crippen LogP contribution < -0.4 is 5.32 Å². The largest absolute Gasteiger partial charge is 0.433 e. The first kappa shape index (κ1) is 26.9. The average Bonchev–Trinajstić information content (AvgIpc) is 3.47. The number of benzene rings is 2. The second kappa shape index (κ2) is 10.5. The van der Waals surface area contributed by atoms with E-state index in [0.717, 1.165) is 23.4 Å². The zero-order valence-corrected chi connectivity index (χ0v) is 23.0. The van der Waals surface area contributed by atoms with Crippen molar-refractivity contribution >= 4 is 44.9 Å². The van der Waals surface area contributed by atoms with Gasteiger partial charge in [-0.3, -0.25) is 9.48 Å². The number of hydrogen-bond acceptors (Lipinski definition) is 4. The van der Waals surface area contributed by atoms with Crippen molar-refractivity contribution in [2.75, 3.05) is 5.32 Å². The van der Waals surface area contributed by atoms with Gasteiger partial charge in [0.05, 0.1) is 22.9 Å². The highest BCUT2D eigenvalue weighted by atomic mass is 79.9. The normalized spacial score (nSPS) is 11.9. The predicted octanol–water partition coefficient (Wildman–Crippen LogP) is 7.45. The van der Waals surface area contributed by atoms with Crippen LogP contribution in [-0.4, -0.2) is 30.3 Å². The zero-order chi connectivity index (χ0) is 27.9. The highest BCUT2D eigenvalue weighted by molar-refractivity contribution is 9.10. The van der Waals surface area contributed by atoms with Gasteiger partial charge in [-0.05, 0) is 45.1 Å². The molecule has 5 aromatic rings. The van der Waals surface area contributed by atoms with Crippen molar-refractivity contribution in [3.05, 3.63) is 98.9 Å². The molecule has 5 rings (SSSR count). The van der Waals surface area contributed by atoms with E-state index in [2.05, 4.69) is 36.4 Å². The van der Waals surface area contributed by atoms with Gasteiger partial charge in [-0.1, -0.05) is 67.9 Å². The Hall–Kier alpha value is -3.70. The van der Waals surface area contributed by atoms with Crippen LogP contribution in [0.25, 0.3) is 16.9 Å². The van der Waals surface area contributed by atoms with Gasteiger partial charge in [0.1, 0.15) is 5.56 Å². The summed E-state index contributed by atoms with van der Waals surface area (Å²) in [6, 6.07) is 15.3. The third-order valence-electron chi connectivity index (χ3n) is 6.12. The van der Waals surface area contributed by atoms with Gasteiger partial charge < -0.3 is 5.32 Å².